The van der Waals surface area contributed by atoms with E-state index in [0.29, 0.717) is 11.1 Å². The van der Waals surface area contributed by atoms with Crippen LogP contribution in [0.3, 0.4) is 0 Å². The van der Waals surface area contributed by atoms with Crippen LogP contribution in [0.15, 0.2) is 17.4 Å². The zero-order chi connectivity index (χ0) is 17.0. The van der Waals surface area contributed by atoms with E-state index < -0.39 is 29.9 Å². The first-order chi connectivity index (χ1) is 10.7. The van der Waals surface area contributed by atoms with Crippen molar-refractivity contribution in [1.29, 1.82) is 0 Å². The molecular weight excluding hydrogens is 300 g/mol. The standard InChI is InChI=1S/C17H18O6/c1-6-5-10(18)7(2)14-11(6)17(21)23-16-9(4)13(20)12(19)8(3)15(16)22-14/h5,8,12,15,18-19H,1-4H3. The van der Waals surface area contributed by atoms with E-state index in [2.05, 4.69) is 0 Å². The van der Waals surface area contributed by atoms with E-state index in [1.54, 1.807) is 20.8 Å². The lowest BCUT2D eigenvalue weighted by molar-refractivity contribution is -0.129. The van der Waals surface area contributed by atoms with Crippen molar-refractivity contribution in [2.24, 2.45) is 5.92 Å². The van der Waals surface area contributed by atoms with Crippen LogP contribution in [0.2, 0.25) is 0 Å². The molecule has 0 saturated heterocycles. The molecule has 6 heteroatoms. The molecule has 0 radical (unpaired) electrons. The maximum Gasteiger partial charge on any atom is 0.347 e. The molecule has 2 N–H and O–H groups in total. The van der Waals surface area contributed by atoms with Crippen LogP contribution in [0, 0.1) is 19.8 Å². The largest absolute Gasteiger partial charge is 0.508 e. The number of esters is 1. The summed E-state index contributed by atoms with van der Waals surface area (Å²) in [7, 11) is 0. The van der Waals surface area contributed by atoms with Gasteiger partial charge in [0.15, 0.2) is 17.6 Å². The molecule has 1 aliphatic heterocycles. The summed E-state index contributed by atoms with van der Waals surface area (Å²) in [6.07, 6.45) is -1.99. The highest BCUT2D eigenvalue weighted by Crippen LogP contribution is 2.41. The summed E-state index contributed by atoms with van der Waals surface area (Å²) < 4.78 is 11.4. The van der Waals surface area contributed by atoms with Gasteiger partial charge < -0.3 is 19.7 Å². The summed E-state index contributed by atoms with van der Waals surface area (Å²) in [5.74, 6) is -1.31. The minimum Gasteiger partial charge on any atom is -0.508 e. The molecule has 0 amide bonds. The Morgan fingerprint density at radius 1 is 1.17 bits per heavy atom. The smallest absolute Gasteiger partial charge is 0.347 e. The van der Waals surface area contributed by atoms with Gasteiger partial charge in [-0.15, -0.1) is 0 Å². The quantitative estimate of drug-likeness (QED) is 0.708. The summed E-state index contributed by atoms with van der Waals surface area (Å²) in [6, 6.07) is 1.47. The maximum atomic E-state index is 12.5. The number of aryl methyl sites for hydroxylation is 1. The fourth-order valence-electron chi connectivity index (χ4n) is 3.04. The fourth-order valence-corrected chi connectivity index (χ4v) is 3.04. The van der Waals surface area contributed by atoms with Crippen molar-refractivity contribution in [2.45, 2.75) is 39.9 Å². The van der Waals surface area contributed by atoms with Crippen LogP contribution in [-0.2, 0) is 9.53 Å². The predicted octanol–water partition coefficient (Wildman–Crippen LogP) is 1.78. The molecule has 23 heavy (non-hydrogen) atoms. The van der Waals surface area contributed by atoms with Crippen molar-refractivity contribution in [2.75, 3.05) is 0 Å². The Kier molecular flexibility index (Phi) is 3.44. The number of ketones is 1. The van der Waals surface area contributed by atoms with Crippen molar-refractivity contribution >= 4 is 11.8 Å². The Balaban J connectivity index is 2.24. The van der Waals surface area contributed by atoms with Crippen molar-refractivity contribution in [3.8, 4) is 11.5 Å². The summed E-state index contributed by atoms with van der Waals surface area (Å²) in [5, 5.41) is 20.1. The molecule has 0 spiro atoms. The lowest BCUT2D eigenvalue weighted by Gasteiger charge is -2.33. The third kappa shape index (κ3) is 2.13. The Hall–Kier alpha value is -2.34. The van der Waals surface area contributed by atoms with E-state index in [9.17, 15) is 19.8 Å². The zero-order valence-electron chi connectivity index (χ0n) is 13.3. The average Bonchev–Trinajstić information content (AvgIpc) is 2.65. The Morgan fingerprint density at radius 2 is 1.83 bits per heavy atom. The molecule has 1 aliphatic carbocycles. The number of aromatic hydroxyl groups is 1. The summed E-state index contributed by atoms with van der Waals surface area (Å²) in [5.41, 5.74) is 1.34. The number of aliphatic hydroxyl groups excluding tert-OH is 1. The van der Waals surface area contributed by atoms with Crippen molar-refractivity contribution < 1.29 is 29.3 Å². The van der Waals surface area contributed by atoms with Gasteiger partial charge in [0.1, 0.15) is 23.2 Å². The summed E-state index contributed by atoms with van der Waals surface area (Å²) in [4.78, 5) is 24.6. The topological polar surface area (TPSA) is 93.1 Å². The van der Waals surface area contributed by atoms with E-state index in [0.717, 1.165) is 0 Å². The molecule has 3 rings (SSSR count). The molecule has 6 nitrogen and oxygen atoms in total. The minimum atomic E-state index is -1.22. The molecule has 1 aromatic rings. The van der Waals surface area contributed by atoms with Gasteiger partial charge in [0.25, 0.3) is 0 Å². The number of Topliss-reactive ketones (excluding diaryl/α,β-unsaturated/α-hetero) is 1. The lowest BCUT2D eigenvalue weighted by Crippen LogP contribution is -2.45. The molecule has 2 aliphatic rings. The van der Waals surface area contributed by atoms with Crippen molar-refractivity contribution in [1.82, 2.24) is 0 Å². The predicted molar refractivity (Wildman–Crippen MR) is 80.3 cm³/mol. The van der Waals surface area contributed by atoms with Crippen LogP contribution in [0.4, 0.5) is 0 Å². The molecule has 0 saturated carbocycles. The molecule has 1 aromatic carbocycles. The minimum absolute atomic E-state index is 0.0123. The molecule has 0 fully saturated rings. The van der Waals surface area contributed by atoms with E-state index >= 15 is 0 Å². The second kappa shape index (κ2) is 5.09. The third-order valence-electron chi connectivity index (χ3n) is 4.59. The van der Waals surface area contributed by atoms with Gasteiger partial charge in [0.05, 0.1) is 0 Å². The van der Waals surface area contributed by atoms with E-state index in [4.69, 9.17) is 9.47 Å². The average molecular weight is 318 g/mol. The van der Waals surface area contributed by atoms with Gasteiger partial charge in [-0.1, -0.05) is 6.92 Å². The Labute approximate surface area is 133 Å². The first-order valence-corrected chi connectivity index (χ1v) is 7.39. The van der Waals surface area contributed by atoms with Crippen LogP contribution < -0.4 is 4.74 Å². The monoisotopic (exact) mass is 318 g/mol. The lowest BCUT2D eigenvalue weighted by atomic mass is 9.84. The van der Waals surface area contributed by atoms with E-state index in [-0.39, 0.29) is 28.4 Å². The molecule has 1 heterocycles. The first-order valence-electron chi connectivity index (χ1n) is 7.39. The van der Waals surface area contributed by atoms with Gasteiger partial charge in [0, 0.05) is 17.1 Å². The van der Waals surface area contributed by atoms with Crippen molar-refractivity contribution in [3.63, 3.8) is 0 Å². The van der Waals surface area contributed by atoms with Crippen LogP contribution in [0.5, 0.6) is 11.5 Å². The number of carbonyl (C=O) groups is 2. The number of phenolic OH excluding ortho intramolecular Hbond substituents is 1. The Morgan fingerprint density at radius 3 is 2.48 bits per heavy atom. The number of hydrogen-bond donors (Lipinski definition) is 2. The second-order valence-corrected chi connectivity index (χ2v) is 6.13. The molecule has 3 atom stereocenters. The van der Waals surface area contributed by atoms with Crippen LogP contribution in [0.1, 0.15) is 35.3 Å². The summed E-state index contributed by atoms with van der Waals surface area (Å²) in [6.45, 7) is 6.47. The number of aliphatic hydroxyl groups is 1. The summed E-state index contributed by atoms with van der Waals surface area (Å²) >= 11 is 0. The highest BCUT2D eigenvalue weighted by atomic mass is 16.6. The molecule has 0 aromatic heterocycles. The fraction of sp³-hybridized carbons (Fsp3) is 0.412. The van der Waals surface area contributed by atoms with Crippen LogP contribution in [-0.4, -0.2) is 34.2 Å². The number of phenols is 1. The highest BCUT2D eigenvalue weighted by molar-refractivity contribution is 6.02. The molecule has 0 bridgehead atoms. The number of hydrogen-bond acceptors (Lipinski definition) is 6. The third-order valence-corrected chi connectivity index (χ3v) is 4.59. The van der Waals surface area contributed by atoms with Crippen LogP contribution in [0.25, 0.3) is 0 Å². The molecule has 122 valence electrons. The Bertz CT molecular complexity index is 761. The van der Waals surface area contributed by atoms with Crippen molar-refractivity contribution in [3.05, 3.63) is 34.1 Å². The van der Waals surface area contributed by atoms with Gasteiger partial charge in [-0.05, 0) is 32.4 Å². The number of benzene rings is 1. The number of carbonyl (C=O) groups excluding carboxylic acids is 2. The van der Waals surface area contributed by atoms with Gasteiger partial charge >= 0.3 is 5.97 Å². The number of rotatable bonds is 0. The number of fused-ring (bicyclic) bond motifs is 2. The first kappa shape index (κ1) is 15.6. The SMILES string of the molecule is CC1=C2OC(=O)c3c(C)cc(O)c(C)c3OC2C(C)C(O)C1=O. The van der Waals surface area contributed by atoms with E-state index in [1.807, 2.05) is 0 Å². The van der Waals surface area contributed by atoms with Crippen LogP contribution >= 0.6 is 0 Å². The van der Waals surface area contributed by atoms with Gasteiger partial charge in [-0.2, -0.15) is 0 Å². The molecular formula is C17H18O6. The zero-order valence-corrected chi connectivity index (χ0v) is 13.3. The van der Waals surface area contributed by atoms with Gasteiger partial charge in [-0.25, -0.2) is 4.79 Å². The van der Waals surface area contributed by atoms with E-state index in [1.165, 1.54) is 13.0 Å². The molecule has 3 unspecified atom stereocenters. The van der Waals surface area contributed by atoms with Gasteiger partial charge in [0.2, 0.25) is 0 Å². The number of ether oxygens (including phenoxy) is 2. The van der Waals surface area contributed by atoms with Gasteiger partial charge in [-0.3, -0.25) is 4.79 Å². The normalized spacial score (nSPS) is 26.9. The highest BCUT2D eigenvalue weighted by Gasteiger charge is 2.45. The second-order valence-electron chi connectivity index (χ2n) is 6.13. The maximum absolute atomic E-state index is 12.5.